The van der Waals surface area contributed by atoms with E-state index < -0.39 is 5.82 Å². The second-order valence-electron chi connectivity index (χ2n) is 9.39. The number of ether oxygens (including phenoxy) is 2. The molecule has 1 saturated carbocycles. The smallest absolute Gasteiger partial charge is 0.165 e. The summed E-state index contributed by atoms with van der Waals surface area (Å²) in [6.45, 7) is 2.19. The van der Waals surface area contributed by atoms with Crippen LogP contribution < -0.4 is 20.5 Å². The number of hydrogen-bond acceptors (Lipinski definition) is 7. The molecule has 3 N–H and O–H groups in total. The molecule has 0 amide bonds. The van der Waals surface area contributed by atoms with Crippen molar-refractivity contribution in [2.45, 2.75) is 56.7 Å². The quantitative estimate of drug-likeness (QED) is 0.476. The van der Waals surface area contributed by atoms with Gasteiger partial charge < -0.3 is 25.4 Å². The molecule has 0 unspecified atom stereocenters. The molecule has 0 radical (unpaired) electrons. The van der Waals surface area contributed by atoms with Crippen LogP contribution in [0.4, 0.5) is 15.9 Å². The van der Waals surface area contributed by atoms with Crippen LogP contribution in [-0.4, -0.2) is 53.3 Å². The number of piperidine rings is 1. The van der Waals surface area contributed by atoms with E-state index in [0.29, 0.717) is 40.3 Å². The summed E-state index contributed by atoms with van der Waals surface area (Å²) in [5.74, 6) is 1.19. The molecule has 2 aliphatic rings. The Labute approximate surface area is 209 Å². The summed E-state index contributed by atoms with van der Waals surface area (Å²) in [5.41, 5.74) is 6.98. The number of halogens is 2. The van der Waals surface area contributed by atoms with Crippen LogP contribution in [0.5, 0.6) is 11.5 Å². The maximum absolute atomic E-state index is 14.5. The summed E-state index contributed by atoms with van der Waals surface area (Å²) >= 11 is 5.94. The molecule has 3 aromatic rings. The third-order valence-corrected chi connectivity index (χ3v) is 7.45. The molecule has 2 aromatic carbocycles. The van der Waals surface area contributed by atoms with Crippen molar-refractivity contribution >= 4 is 34.0 Å². The van der Waals surface area contributed by atoms with E-state index in [0.717, 1.165) is 51.6 Å². The third-order valence-electron chi connectivity index (χ3n) is 7.15. The highest BCUT2D eigenvalue weighted by atomic mass is 35.5. The first-order chi connectivity index (χ1) is 17.0. The molecular formula is C26H31ClFN5O2. The maximum Gasteiger partial charge on any atom is 0.165 e. The Morgan fingerprint density at radius 1 is 1.06 bits per heavy atom. The number of nitrogens with two attached hydrogens (primary N) is 1. The van der Waals surface area contributed by atoms with Crippen LogP contribution in [0.3, 0.4) is 0 Å². The lowest BCUT2D eigenvalue weighted by Crippen LogP contribution is -2.47. The van der Waals surface area contributed by atoms with Crippen LogP contribution in [0.25, 0.3) is 10.9 Å². The first kappa shape index (κ1) is 24.0. The number of anilines is 2. The molecule has 7 nitrogen and oxygen atoms in total. The highest BCUT2D eigenvalue weighted by Gasteiger charge is 2.29. The molecule has 1 aliphatic carbocycles. The van der Waals surface area contributed by atoms with Crippen LogP contribution in [0, 0.1) is 5.82 Å². The van der Waals surface area contributed by atoms with Crippen LogP contribution in [0.1, 0.15) is 38.5 Å². The van der Waals surface area contributed by atoms with Crippen molar-refractivity contribution in [1.29, 1.82) is 0 Å². The van der Waals surface area contributed by atoms with Crippen LogP contribution in [0.15, 0.2) is 36.7 Å². The SMILES string of the molecule is COc1cc2ncnc(Nc3cccc(Cl)c3F)c2cc1O[C@H]1CC[C@@H](N2CCC(N)CC2)CC1. The van der Waals surface area contributed by atoms with Gasteiger partial charge >= 0.3 is 0 Å². The van der Waals surface area contributed by atoms with Crippen molar-refractivity contribution in [3.8, 4) is 11.5 Å². The van der Waals surface area contributed by atoms with E-state index in [9.17, 15) is 4.39 Å². The van der Waals surface area contributed by atoms with Crippen molar-refractivity contribution in [3.63, 3.8) is 0 Å². The lowest BCUT2D eigenvalue weighted by Gasteiger charge is -2.40. The standard InChI is InChI=1S/C26H31ClFN5O2/c1-34-23-14-22-19(26(31-15-30-22)32-21-4-2-3-20(27)25(21)28)13-24(23)35-18-7-5-17(6-8-18)33-11-9-16(29)10-12-33/h2-4,13-18H,5-12,29H2,1H3,(H,30,31,32)/t17-,18+. The van der Waals surface area contributed by atoms with Gasteiger partial charge in [0.25, 0.3) is 0 Å². The lowest BCUT2D eigenvalue weighted by molar-refractivity contribution is 0.0725. The summed E-state index contributed by atoms with van der Waals surface area (Å²) in [6, 6.07) is 9.47. The fourth-order valence-corrected chi connectivity index (χ4v) is 5.31. The second-order valence-corrected chi connectivity index (χ2v) is 9.80. The van der Waals surface area contributed by atoms with Crippen molar-refractivity contribution in [1.82, 2.24) is 14.9 Å². The van der Waals surface area contributed by atoms with Crippen LogP contribution in [-0.2, 0) is 0 Å². The third kappa shape index (κ3) is 5.29. The summed E-state index contributed by atoms with van der Waals surface area (Å²) in [6.07, 6.45) is 7.90. The molecule has 0 bridgehead atoms. The Balaban J connectivity index is 1.33. The summed E-state index contributed by atoms with van der Waals surface area (Å²) in [5, 5.41) is 3.80. The Kier molecular flexibility index (Phi) is 7.22. The van der Waals surface area contributed by atoms with E-state index in [4.69, 9.17) is 26.8 Å². The minimum Gasteiger partial charge on any atom is -0.493 e. The van der Waals surface area contributed by atoms with E-state index in [2.05, 4.69) is 20.2 Å². The average molecular weight is 500 g/mol. The Morgan fingerprint density at radius 3 is 2.57 bits per heavy atom. The zero-order valence-corrected chi connectivity index (χ0v) is 20.6. The predicted molar refractivity (Wildman–Crippen MR) is 136 cm³/mol. The minimum atomic E-state index is -0.529. The number of methoxy groups -OCH3 is 1. The first-order valence-electron chi connectivity index (χ1n) is 12.2. The highest BCUT2D eigenvalue weighted by molar-refractivity contribution is 6.31. The van der Waals surface area contributed by atoms with Gasteiger partial charge in [0.15, 0.2) is 17.3 Å². The molecule has 186 valence electrons. The van der Waals surface area contributed by atoms with Gasteiger partial charge in [-0.2, -0.15) is 0 Å². The molecule has 1 saturated heterocycles. The van der Waals surface area contributed by atoms with E-state index in [-0.39, 0.29) is 16.8 Å². The van der Waals surface area contributed by atoms with Gasteiger partial charge in [-0.15, -0.1) is 0 Å². The Bertz CT molecular complexity index is 1180. The number of rotatable bonds is 6. The number of fused-ring (bicyclic) bond motifs is 1. The monoisotopic (exact) mass is 499 g/mol. The number of aromatic nitrogens is 2. The Morgan fingerprint density at radius 2 is 1.83 bits per heavy atom. The lowest BCUT2D eigenvalue weighted by atomic mass is 9.90. The molecule has 2 fully saturated rings. The topological polar surface area (TPSA) is 85.5 Å². The number of hydrogen-bond donors (Lipinski definition) is 2. The largest absolute Gasteiger partial charge is 0.493 e. The maximum atomic E-state index is 14.5. The van der Waals surface area contributed by atoms with Gasteiger partial charge in [0.2, 0.25) is 0 Å². The zero-order chi connectivity index (χ0) is 24.4. The van der Waals surface area contributed by atoms with Gasteiger partial charge in [-0.1, -0.05) is 17.7 Å². The first-order valence-corrected chi connectivity index (χ1v) is 12.6. The fourth-order valence-electron chi connectivity index (χ4n) is 5.14. The van der Waals surface area contributed by atoms with E-state index in [1.165, 1.54) is 12.4 Å². The Hall–Kier alpha value is -2.68. The van der Waals surface area contributed by atoms with Gasteiger partial charge in [0, 0.05) is 23.5 Å². The summed E-state index contributed by atoms with van der Waals surface area (Å²) in [7, 11) is 1.62. The molecular weight excluding hydrogens is 469 g/mol. The van der Waals surface area contributed by atoms with E-state index in [1.807, 2.05) is 12.1 Å². The average Bonchev–Trinajstić information content (AvgIpc) is 2.88. The number of likely N-dealkylation sites (tertiary alicyclic amines) is 1. The molecule has 9 heteroatoms. The van der Waals surface area contributed by atoms with Gasteiger partial charge in [0.05, 0.1) is 29.4 Å². The molecule has 35 heavy (non-hydrogen) atoms. The van der Waals surface area contributed by atoms with Crippen molar-refractivity contribution in [2.24, 2.45) is 5.73 Å². The van der Waals surface area contributed by atoms with Gasteiger partial charge in [0.1, 0.15) is 12.1 Å². The molecule has 1 aromatic heterocycles. The number of nitrogens with zero attached hydrogens (tertiary/aromatic N) is 3. The van der Waals surface area contributed by atoms with Crippen molar-refractivity contribution in [3.05, 3.63) is 47.5 Å². The number of nitrogens with one attached hydrogen (secondary N) is 1. The summed E-state index contributed by atoms with van der Waals surface area (Å²) < 4.78 is 26.5. The fraction of sp³-hybridized carbons (Fsp3) is 0.462. The second kappa shape index (κ2) is 10.5. The van der Waals surface area contributed by atoms with Crippen LogP contribution in [0.2, 0.25) is 5.02 Å². The van der Waals surface area contributed by atoms with Gasteiger partial charge in [-0.3, -0.25) is 0 Å². The molecule has 5 rings (SSSR count). The molecule has 0 spiro atoms. The highest BCUT2D eigenvalue weighted by Crippen LogP contribution is 2.38. The van der Waals surface area contributed by atoms with Crippen molar-refractivity contribution in [2.75, 3.05) is 25.5 Å². The zero-order valence-electron chi connectivity index (χ0n) is 19.8. The van der Waals surface area contributed by atoms with Gasteiger partial charge in [-0.05, 0) is 69.8 Å². The van der Waals surface area contributed by atoms with E-state index >= 15 is 0 Å². The van der Waals surface area contributed by atoms with Crippen molar-refractivity contribution < 1.29 is 13.9 Å². The minimum absolute atomic E-state index is 0.0436. The molecule has 0 atom stereocenters. The normalized spacial score (nSPS) is 21.7. The molecule has 1 aliphatic heterocycles. The number of benzene rings is 2. The van der Waals surface area contributed by atoms with E-state index in [1.54, 1.807) is 19.2 Å². The van der Waals surface area contributed by atoms with Crippen LogP contribution >= 0.6 is 11.6 Å². The molecule has 2 heterocycles. The predicted octanol–water partition coefficient (Wildman–Crippen LogP) is 5.29. The summed E-state index contributed by atoms with van der Waals surface area (Å²) in [4.78, 5) is 11.3. The van der Waals surface area contributed by atoms with Gasteiger partial charge in [-0.25, -0.2) is 14.4 Å².